The van der Waals surface area contributed by atoms with Gasteiger partial charge in [0.2, 0.25) is 0 Å². The highest BCUT2D eigenvalue weighted by atomic mass is 16.3. The van der Waals surface area contributed by atoms with E-state index in [1.165, 1.54) is 11.1 Å². The van der Waals surface area contributed by atoms with Crippen LogP contribution in [0.5, 0.6) is 0 Å². The number of hydrogen-bond donors (Lipinski definition) is 0. The zero-order valence-electron chi connectivity index (χ0n) is 11.2. The Bertz CT molecular complexity index is 553. The van der Waals surface area contributed by atoms with Gasteiger partial charge in [0.15, 0.2) is 0 Å². The molecule has 0 atom stereocenters. The monoisotopic (exact) mass is 256 g/mol. The zero-order chi connectivity index (χ0) is 13.1. The summed E-state index contributed by atoms with van der Waals surface area (Å²) in [7, 11) is 0. The number of benzene rings is 1. The summed E-state index contributed by atoms with van der Waals surface area (Å²) in [6, 6.07) is 8.47. The van der Waals surface area contributed by atoms with Crippen LogP contribution in [0.25, 0.3) is 11.0 Å². The summed E-state index contributed by atoms with van der Waals surface area (Å²) in [4.78, 5) is 4.96. The first-order valence-electron chi connectivity index (χ1n) is 6.92. The maximum Gasteiger partial charge on any atom is 0.133 e. The number of anilines is 1. The fourth-order valence-corrected chi connectivity index (χ4v) is 2.65. The van der Waals surface area contributed by atoms with Crippen molar-refractivity contribution >= 4 is 16.7 Å². The lowest BCUT2D eigenvalue weighted by molar-refractivity contribution is 0.262. The largest absolute Gasteiger partial charge is 0.464 e. The summed E-state index contributed by atoms with van der Waals surface area (Å²) in [5.74, 6) is 0. The van der Waals surface area contributed by atoms with Crippen LogP contribution < -0.4 is 4.90 Å². The molecule has 1 aromatic carbocycles. The van der Waals surface area contributed by atoms with E-state index in [1.54, 1.807) is 6.26 Å². The van der Waals surface area contributed by atoms with Gasteiger partial charge in [0.05, 0.1) is 6.26 Å². The quantitative estimate of drug-likeness (QED) is 0.784. The maximum absolute atomic E-state index is 5.39. The van der Waals surface area contributed by atoms with E-state index in [-0.39, 0.29) is 0 Å². The summed E-state index contributed by atoms with van der Waals surface area (Å²) >= 11 is 0. The SMILES string of the molecule is C=CCCN1CCN(c2ccc3occc3c2)CC1. The van der Waals surface area contributed by atoms with Crippen molar-refractivity contribution in [3.8, 4) is 0 Å². The normalized spacial score (nSPS) is 16.9. The summed E-state index contributed by atoms with van der Waals surface area (Å²) in [5, 5.41) is 1.19. The highest BCUT2D eigenvalue weighted by Crippen LogP contribution is 2.23. The second kappa shape index (κ2) is 5.49. The van der Waals surface area contributed by atoms with Crippen molar-refractivity contribution in [2.75, 3.05) is 37.6 Å². The molecule has 2 heterocycles. The molecule has 3 rings (SSSR count). The zero-order valence-corrected chi connectivity index (χ0v) is 11.2. The summed E-state index contributed by atoms with van der Waals surface area (Å²) in [6.07, 6.45) is 4.84. The van der Waals surface area contributed by atoms with Crippen LogP contribution in [0.1, 0.15) is 6.42 Å². The summed E-state index contributed by atoms with van der Waals surface area (Å²) in [6.45, 7) is 9.39. The fourth-order valence-electron chi connectivity index (χ4n) is 2.65. The Balaban J connectivity index is 1.65. The molecule has 2 aromatic rings. The lowest BCUT2D eigenvalue weighted by Gasteiger charge is -2.36. The van der Waals surface area contributed by atoms with E-state index >= 15 is 0 Å². The topological polar surface area (TPSA) is 19.6 Å². The molecule has 0 aliphatic carbocycles. The Morgan fingerprint density at radius 3 is 2.79 bits per heavy atom. The number of hydrogen-bond acceptors (Lipinski definition) is 3. The molecule has 0 N–H and O–H groups in total. The van der Waals surface area contributed by atoms with Gasteiger partial charge < -0.3 is 9.32 Å². The van der Waals surface area contributed by atoms with Gasteiger partial charge in [-0.1, -0.05) is 6.08 Å². The van der Waals surface area contributed by atoms with Crippen LogP contribution in [0.3, 0.4) is 0 Å². The van der Waals surface area contributed by atoms with E-state index in [0.717, 1.165) is 44.7 Å². The third-order valence-electron chi connectivity index (χ3n) is 3.82. The van der Waals surface area contributed by atoms with Gasteiger partial charge in [-0.05, 0) is 30.7 Å². The van der Waals surface area contributed by atoms with Crippen molar-refractivity contribution in [2.24, 2.45) is 0 Å². The number of rotatable bonds is 4. The van der Waals surface area contributed by atoms with Crippen LogP contribution in [0.2, 0.25) is 0 Å². The molecule has 0 radical (unpaired) electrons. The molecule has 3 heteroatoms. The van der Waals surface area contributed by atoms with Crippen LogP contribution in [0, 0.1) is 0 Å². The first-order valence-corrected chi connectivity index (χ1v) is 6.92. The standard InChI is InChI=1S/C16H20N2O/c1-2-3-7-17-8-10-18(11-9-17)15-4-5-16-14(13-15)6-12-19-16/h2,4-6,12-13H,1,3,7-11H2. The van der Waals surface area contributed by atoms with Crippen molar-refractivity contribution < 1.29 is 4.42 Å². The van der Waals surface area contributed by atoms with E-state index in [1.807, 2.05) is 12.1 Å². The number of furan rings is 1. The van der Waals surface area contributed by atoms with Crippen LogP contribution >= 0.6 is 0 Å². The molecule has 0 amide bonds. The van der Waals surface area contributed by atoms with Crippen molar-refractivity contribution in [1.29, 1.82) is 0 Å². The average molecular weight is 256 g/mol. The predicted octanol–water partition coefficient (Wildman–Crippen LogP) is 3.13. The van der Waals surface area contributed by atoms with Gasteiger partial charge >= 0.3 is 0 Å². The van der Waals surface area contributed by atoms with Crippen molar-refractivity contribution in [3.05, 3.63) is 43.2 Å². The number of nitrogens with zero attached hydrogens (tertiary/aromatic N) is 2. The van der Waals surface area contributed by atoms with Gasteiger partial charge in [-0.3, -0.25) is 4.90 Å². The predicted molar refractivity (Wildman–Crippen MR) is 79.7 cm³/mol. The molecule has 1 aliphatic rings. The van der Waals surface area contributed by atoms with Gasteiger partial charge in [0.25, 0.3) is 0 Å². The highest BCUT2D eigenvalue weighted by Gasteiger charge is 2.16. The van der Waals surface area contributed by atoms with Crippen molar-refractivity contribution in [2.45, 2.75) is 6.42 Å². The van der Waals surface area contributed by atoms with Crippen LogP contribution in [0.15, 0.2) is 47.6 Å². The molecule has 100 valence electrons. The minimum Gasteiger partial charge on any atom is -0.464 e. The van der Waals surface area contributed by atoms with Gasteiger partial charge in [-0.15, -0.1) is 6.58 Å². The second-order valence-corrected chi connectivity index (χ2v) is 5.05. The molecule has 1 aliphatic heterocycles. The molecule has 0 unspecified atom stereocenters. The lowest BCUT2D eigenvalue weighted by Crippen LogP contribution is -2.46. The van der Waals surface area contributed by atoms with E-state index in [4.69, 9.17) is 4.42 Å². The Labute approximate surface area is 114 Å². The van der Waals surface area contributed by atoms with Crippen LogP contribution in [-0.4, -0.2) is 37.6 Å². The minimum atomic E-state index is 0.966. The van der Waals surface area contributed by atoms with E-state index in [0.29, 0.717) is 0 Å². The molecule has 3 nitrogen and oxygen atoms in total. The highest BCUT2D eigenvalue weighted by molar-refractivity contribution is 5.81. The molecule has 0 spiro atoms. The Kier molecular flexibility index (Phi) is 3.56. The van der Waals surface area contributed by atoms with Crippen molar-refractivity contribution in [3.63, 3.8) is 0 Å². The molecule has 1 aromatic heterocycles. The molecule has 1 fully saturated rings. The summed E-state index contributed by atoms with van der Waals surface area (Å²) < 4.78 is 5.39. The number of fused-ring (bicyclic) bond motifs is 1. The van der Waals surface area contributed by atoms with Gasteiger partial charge in [-0.2, -0.15) is 0 Å². The second-order valence-electron chi connectivity index (χ2n) is 5.05. The summed E-state index contributed by atoms with van der Waals surface area (Å²) in [5.41, 5.74) is 2.27. The minimum absolute atomic E-state index is 0.966. The maximum atomic E-state index is 5.39. The molecular weight excluding hydrogens is 236 g/mol. The molecular formula is C16H20N2O. The smallest absolute Gasteiger partial charge is 0.133 e. The molecule has 1 saturated heterocycles. The van der Waals surface area contributed by atoms with E-state index in [2.05, 4.69) is 34.6 Å². The Morgan fingerprint density at radius 2 is 2.00 bits per heavy atom. The Hall–Kier alpha value is -1.74. The molecule has 19 heavy (non-hydrogen) atoms. The number of piperazine rings is 1. The van der Waals surface area contributed by atoms with Crippen LogP contribution in [0.4, 0.5) is 5.69 Å². The first kappa shape index (κ1) is 12.3. The lowest BCUT2D eigenvalue weighted by atomic mass is 10.2. The first-order chi connectivity index (χ1) is 9.36. The molecule has 0 bridgehead atoms. The van der Waals surface area contributed by atoms with E-state index in [9.17, 15) is 0 Å². The van der Waals surface area contributed by atoms with Crippen molar-refractivity contribution in [1.82, 2.24) is 4.90 Å². The third-order valence-corrected chi connectivity index (χ3v) is 3.82. The van der Waals surface area contributed by atoms with E-state index < -0.39 is 0 Å². The Morgan fingerprint density at radius 1 is 1.16 bits per heavy atom. The van der Waals surface area contributed by atoms with Gasteiger partial charge in [-0.25, -0.2) is 0 Å². The fraction of sp³-hybridized carbons (Fsp3) is 0.375. The average Bonchev–Trinajstić information content (AvgIpc) is 2.93. The third kappa shape index (κ3) is 2.66. The van der Waals surface area contributed by atoms with Gasteiger partial charge in [0.1, 0.15) is 5.58 Å². The van der Waals surface area contributed by atoms with Gasteiger partial charge in [0, 0.05) is 43.8 Å². The molecule has 0 saturated carbocycles. The van der Waals surface area contributed by atoms with Crippen LogP contribution in [-0.2, 0) is 0 Å².